The van der Waals surface area contributed by atoms with Crippen molar-refractivity contribution in [2.75, 3.05) is 31.6 Å². The molecule has 2 amide bonds. The van der Waals surface area contributed by atoms with Crippen molar-refractivity contribution >= 4 is 23.8 Å². The van der Waals surface area contributed by atoms with Crippen LogP contribution in [-0.2, 0) is 31.9 Å². The Morgan fingerprint density at radius 2 is 1.94 bits per heavy atom. The number of carbonyl (C=O) groups is 3. The van der Waals surface area contributed by atoms with Gasteiger partial charge in [0.2, 0.25) is 5.91 Å². The van der Waals surface area contributed by atoms with E-state index in [4.69, 9.17) is 14.5 Å². The highest BCUT2D eigenvalue weighted by Crippen LogP contribution is 2.27. The Morgan fingerprint density at radius 3 is 2.65 bits per heavy atom. The zero-order chi connectivity index (χ0) is 22.6. The van der Waals surface area contributed by atoms with E-state index in [1.165, 1.54) is 7.11 Å². The van der Waals surface area contributed by atoms with Crippen LogP contribution in [0.5, 0.6) is 0 Å². The average Bonchev–Trinajstić information content (AvgIpc) is 2.75. The molecule has 0 aliphatic carbocycles. The molecule has 0 aromatic carbocycles. The molecule has 2 aliphatic heterocycles. The monoisotopic (exact) mass is 431 g/mol. The number of likely N-dealkylation sites (tertiary alicyclic amines) is 1. The summed E-state index contributed by atoms with van der Waals surface area (Å²) in [4.78, 5) is 45.2. The van der Waals surface area contributed by atoms with Crippen LogP contribution in [0.3, 0.4) is 0 Å². The van der Waals surface area contributed by atoms with Gasteiger partial charge in [-0.1, -0.05) is 6.07 Å². The second kappa shape index (κ2) is 9.66. The lowest BCUT2D eigenvalue weighted by Gasteiger charge is -2.32. The molecule has 0 spiro atoms. The predicted molar refractivity (Wildman–Crippen MR) is 116 cm³/mol. The minimum absolute atomic E-state index is 0.0112. The number of amides is 2. The number of esters is 1. The first-order chi connectivity index (χ1) is 14.7. The fourth-order valence-corrected chi connectivity index (χ4v) is 4.07. The minimum Gasteiger partial charge on any atom is -0.469 e. The lowest BCUT2D eigenvalue weighted by molar-refractivity contribution is -0.149. The SMILES string of the molecule is COC(=O)[C@H]1CCCN(C(=O)CCc2ccc3c(n2)N(C(=O)OC(C)(C)C)CCC3)C1. The van der Waals surface area contributed by atoms with E-state index in [0.717, 1.165) is 36.9 Å². The summed E-state index contributed by atoms with van der Waals surface area (Å²) in [5.41, 5.74) is 1.21. The number of aromatic nitrogens is 1. The first kappa shape index (κ1) is 23.0. The van der Waals surface area contributed by atoms with Crippen molar-refractivity contribution in [3.05, 3.63) is 23.4 Å². The molecule has 0 N–H and O–H groups in total. The minimum atomic E-state index is -0.574. The van der Waals surface area contributed by atoms with Gasteiger partial charge in [0.25, 0.3) is 0 Å². The number of hydrogen-bond acceptors (Lipinski definition) is 6. The van der Waals surface area contributed by atoms with E-state index >= 15 is 0 Å². The van der Waals surface area contributed by atoms with E-state index in [-0.39, 0.29) is 17.8 Å². The Morgan fingerprint density at radius 1 is 1.16 bits per heavy atom. The van der Waals surface area contributed by atoms with Gasteiger partial charge in [0.1, 0.15) is 11.4 Å². The zero-order valence-electron chi connectivity index (χ0n) is 19.0. The molecule has 1 atom stereocenters. The highest BCUT2D eigenvalue weighted by atomic mass is 16.6. The highest BCUT2D eigenvalue weighted by Gasteiger charge is 2.30. The molecule has 0 radical (unpaired) electrons. The standard InChI is InChI=1S/C23H33N3O5/c1-23(2,3)31-22(29)26-14-6-7-16-9-10-18(24-20(16)26)11-12-19(27)25-13-5-8-17(15-25)21(28)30-4/h9-10,17H,5-8,11-15H2,1-4H3/t17-/m0/s1. The molecule has 8 heteroatoms. The van der Waals surface area contributed by atoms with Crippen molar-refractivity contribution in [2.45, 2.75) is 64.9 Å². The van der Waals surface area contributed by atoms with Gasteiger partial charge in [0, 0.05) is 31.7 Å². The molecule has 1 aromatic rings. The summed E-state index contributed by atoms with van der Waals surface area (Å²) in [5.74, 6) is 0.148. The lowest BCUT2D eigenvalue weighted by Crippen LogP contribution is -2.42. The summed E-state index contributed by atoms with van der Waals surface area (Å²) >= 11 is 0. The number of nitrogens with zero attached hydrogens (tertiary/aromatic N) is 3. The van der Waals surface area contributed by atoms with Crippen molar-refractivity contribution < 1.29 is 23.9 Å². The Bertz CT molecular complexity index is 833. The Balaban J connectivity index is 1.64. The number of piperidine rings is 1. The number of rotatable bonds is 4. The van der Waals surface area contributed by atoms with E-state index in [0.29, 0.717) is 38.3 Å². The summed E-state index contributed by atoms with van der Waals surface area (Å²) in [6, 6.07) is 3.92. The van der Waals surface area contributed by atoms with E-state index in [2.05, 4.69) is 0 Å². The summed E-state index contributed by atoms with van der Waals surface area (Å²) in [6.45, 7) is 7.18. The van der Waals surface area contributed by atoms with E-state index in [9.17, 15) is 14.4 Å². The van der Waals surface area contributed by atoms with Gasteiger partial charge in [-0.25, -0.2) is 9.78 Å². The third kappa shape index (κ3) is 5.95. The molecular weight excluding hydrogens is 398 g/mol. The van der Waals surface area contributed by atoms with Gasteiger partial charge in [0.05, 0.1) is 13.0 Å². The van der Waals surface area contributed by atoms with Crippen LogP contribution in [0.25, 0.3) is 0 Å². The van der Waals surface area contributed by atoms with Crippen molar-refractivity contribution in [3.63, 3.8) is 0 Å². The maximum Gasteiger partial charge on any atom is 0.416 e. The second-order valence-electron chi connectivity index (χ2n) is 9.22. The maximum atomic E-state index is 12.7. The van der Waals surface area contributed by atoms with Gasteiger partial charge in [-0.05, 0) is 64.5 Å². The quantitative estimate of drug-likeness (QED) is 0.681. The number of fused-ring (bicyclic) bond motifs is 1. The van der Waals surface area contributed by atoms with Crippen LogP contribution in [-0.4, -0.2) is 60.2 Å². The topological polar surface area (TPSA) is 89.0 Å². The van der Waals surface area contributed by atoms with Crippen LogP contribution in [0.2, 0.25) is 0 Å². The van der Waals surface area contributed by atoms with Crippen LogP contribution >= 0.6 is 0 Å². The number of aryl methyl sites for hydroxylation is 2. The predicted octanol–water partition coefficient (Wildman–Crippen LogP) is 3.11. The van der Waals surface area contributed by atoms with Crippen LogP contribution in [0.15, 0.2) is 12.1 Å². The molecule has 170 valence electrons. The van der Waals surface area contributed by atoms with Gasteiger partial charge in [0.15, 0.2) is 0 Å². The molecule has 1 fully saturated rings. The highest BCUT2D eigenvalue weighted by molar-refractivity contribution is 5.88. The van der Waals surface area contributed by atoms with E-state index < -0.39 is 11.7 Å². The van der Waals surface area contributed by atoms with Crippen molar-refractivity contribution in [2.24, 2.45) is 5.92 Å². The fraction of sp³-hybridized carbons (Fsp3) is 0.652. The Hall–Kier alpha value is -2.64. The molecule has 3 rings (SSSR count). The zero-order valence-corrected chi connectivity index (χ0v) is 19.0. The molecule has 1 aromatic heterocycles. The molecule has 0 saturated carbocycles. The van der Waals surface area contributed by atoms with Gasteiger partial charge >= 0.3 is 12.1 Å². The second-order valence-corrected chi connectivity index (χ2v) is 9.22. The number of pyridine rings is 1. The fourth-order valence-electron chi connectivity index (χ4n) is 4.07. The third-order valence-electron chi connectivity index (χ3n) is 5.61. The number of anilines is 1. The summed E-state index contributed by atoms with van der Waals surface area (Å²) in [7, 11) is 1.38. The van der Waals surface area contributed by atoms with Crippen LogP contribution in [0.4, 0.5) is 10.6 Å². The smallest absolute Gasteiger partial charge is 0.416 e. The van der Waals surface area contributed by atoms with E-state index in [1.807, 2.05) is 32.9 Å². The Kier molecular flexibility index (Phi) is 7.18. The van der Waals surface area contributed by atoms with Gasteiger partial charge in [-0.2, -0.15) is 0 Å². The molecule has 0 unspecified atom stereocenters. The summed E-state index contributed by atoms with van der Waals surface area (Å²) in [5, 5.41) is 0. The van der Waals surface area contributed by atoms with Gasteiger partial charge < -0.3 is 14.4 Å². The Labute approximate surface area is 183 Å². The number of hydrogen-bond donors (Lipinski definition) is 0. The molecule has 0 bridgehead atoms. The van der Waals surface area contributed by atoms with Crippen LogP contribution in [0, 0.1) is 5.92 Å². The molecule has 8 nitrogen and oxygen atoms in total. The lowest BCUT2D eigenvalue weighted by atomic mass is 9.97. The van der Waals surface area contributed by atoms with Crippen molar-refractivity contribution in [1.82, 2.24) is 9.88 Å². The van der Waals surface area contributed by atoms with Gasteiger partial charge in [-0.3, -0.25) is 14.5 Å². The molecule has 1 saturated heterocycles. The molecule has 3 heterocycles. The number of ether oxygens (including phenoxy) is 2. The maximum absolute atomic E-state index is 12.7. The van der Waals surface area contributed by atoms with Crippen molar-refractivity contribution in [1.29, 1.82) is 0 Å². The first-order valence-electron chi connectivity index (χ1n) is 11.0. The van der Waals surface area contributed by atoms with E-state index in [1.54, 1.807) is 9.80 Å². The third-order valence-corrected chi connectivity index (χ3v) is 5.61. The average molecular weight is 432 g/mol. The number of methoxy groups -OCH3 is 1. The summed E-state index contributed by atoms with van der Waals surface area (Å²) in [6.07, 6.45) is 3.68. The first-order valence-corrected chi connectivity index (χ1v) is 11.0. The summed E-state index contributed by atoms with van der Waals surface area (Å²) < 4.78 is 10.4. The van der Waals surface area contributed by atoms with Crippen molar-refractivity contribution in [3.8, 4) is 0 Å². The molecule has 31 heavy (non-hydrogen) atoms. The number of carbonyl (C=O) groups excluding carboxylic acids is 3. The van der Waals surface area contributed by atoms with Crippen LogP contribution in [0.1, 0.15) is 57.7 Å². The largest absolute Gasteiger partial charge is 0.469 e. The molecular formula is C23H33N3O5. The van der Waals surface area contributed by atoms with Gasteiger partial charge in [-0.15, -0.1) is 0 Å². The van der Waals surface area contributed by atoms with Crippen LogP contribution < -0.4 is 4.90 Å². The molecule has 2 aliphatic rings. The normalized spacial score (nSPS) is 18.9.